The molecule has 3 heteroatoms. The van der Waals surface area contributed by atoms with Crippen molar-refractivity contribution < 1.29 is 0 Å². The molecule has 0 radical (unpaired) electrons. The molecule has 0 atom stereocenters. The third-order valence-electron chi connectivity index (χ3n) is 3.68. The molecule has 1 aliphatic rings. The maximum Gasteiger partial charge on any atom is 0.0941 e. The smallest absolute Gasteiger partial charge is 0.0941 e. The highest BCUT2D eigenvalue weighted by atomic mass is 32.1. The monoisotopic (exact) mass is 278 g/mol. The molecule has 2 rings (SSSR count). The van der Waals surface area contributed by atoms with E-state index in [1.807, 2.05) is 0 Å². The third kappa shape index (κ3) is 5.07. The summed E-state index contributed by atoms with van der Waals surface area (Å²) >= 11 is 1.80. The van der Waals surface area contributed by atoms with Crippen LogP contribution in [0.2, 0.25) is 0 Å². The second-order valence-electron chi connectivity index (χ2n) is 5.68. The van der Waals surface area contributed by atoms with E-state index in [9.17, 15) is 0 Å². The summed E-state index contributed by atoms with van der Waals surface area (Å²) in [6, 6.07) is 0. The Kier molecular flexibility index (Phi) is 6.05. The van der Waals surface area contributed by atoms with Gasteiger partial charge in [-0.2, -0.15) is 0 Å². The highest BCUT2D eigenvalue weighted by Gasteiger charge is 2.05. The Hall–Kier alpha value is -0.670. The van der Waals surface area contributed by atoms with Crippen molar-refractivity contribution in [1.29, 1.82) is 0 Å². The maximum atomic E-state index is 4.66. The molecule has 1 aliphatic carbocycles. The molecule has 0 amide bonds. The molecule has 0 saturated heterocycles. The normalized spacial score (nSPS) is 15.8. The molecule has 0 spiro atoms. The summed E-state index contributed by atoms with van der Waals surface area (Å²) in [4.78, 5) is 4.66. The van der Waals surface area contributed by atoms with Gasteiger partial charge >= 0.3 is 0 Å². The minimum atomic E-state index is 0.552. The fourth-order valence-electron chi connectivity index (χ4n) is 2.41. The predicted molar refractivity (Wildman–Crippen MR) is 83.9 cm³/mol. The van der Waals surface area contributed by atoms with Gasteiger partial charge in [-0.3, -0.25) is 0 Å². The predicted octanol–water partition coefficient (Wildman–Crippen LogP) is 4.29. The number of nitrogens with zero attached hydrogens (tertiary/aromatic N) is 1. The van der Waals surface area contributed by atoms with Crippen molar-refractivity contribution in [2.45, 2.75) is 58.3 Å². The second-order valence-corrected chi connectivity index (χ2v) is 6.62. The lowest BCUT2D eigenvalue weighted by molar-refractivity contribution is 0.631. The van der Waals surface area contributed by atoms with Crippen LogP contribution in [-0.4, -0.2) is 18.1 Å². The molecule has 0 saturated carbocycles. The van der Waals surface area contributed by atoms with Gasteiger partial charge in [0.25, 0.3) is 0 Å². The maximum absolute atomic E-state index is 4.66. The van der Waals surface area contributed by atoms with Gasteiger partial charge in [0.1, 0.15) is 0 Å². The van der Waals surface area contributed by atoms with E-state index < -0.39 is 0 Å². The van der Waals surface area contributed by atoms with Gasteiger partial charge in [0, 0.05) is 18.3 Å². The standard InChI is InChI=1S/C16H26N2S/c1-13(2)15-12-19-16(18-15)9-11-17-10-8-14-6-4-3-5-7-14/h6,12-13,17H,3-5,7-11H2,1-2H3. The minimum Gasteiger partial charge on any atom is -0.316 e. The number of hydrogen-bond acceptors (Lipinski definition) is 3. The lowest BCUT2D eigenvalue weighted by Crippen LogP contribution is -2.19. The average molecular weight is 278 g/mol. The topological polar surface area (TPSA) is 24.9 Å². The Balaban J connectivity index is 1.59. The zero-order valence-electron chi connectivity index (χ0n) is 12.2. The van der Waals surface area contributed by atoms with E-state index >= 15 is 0 Å². The SMILES string of the molecule is CC(C)c1csc(CCNCCC2=CCCCC2)n1. The summed E-state index contributed by atoms with van der Waals surface area (Å²) < 4.78 is 0. The summed E-state index contributed by atoms with van der Waals surface area (Å²) in [5.74, 6) is 0.552. The van der Waals surface area contributed by atoms with Gasteiger partial charge in [-0.15, -0.1) is 11.3 Å². The van der Waals surface area contributed by atoms with Gasteiger partial charge in [-0.25, -0.2) is 4.98 Å². The largest absolute Gasteiger partial charge is 0.316 e. The first-order valence-corrected chi connectivity index (χ1v) is 8.46. The van der Waals surface area contributed by atoms with Crippen molar-refractivity contribution in [3.05, 3.63) is 27.7 Å². The number of allylic oxidation sites excluding steroid dienone is 1. The number of nitrogens with one attached hydrogen (secondary N) is 1. The molecule has 106 valence electrons. The summed E-state index contributed by atoms with van der Waals surface area (Å²) in [6.07, 6.45) is 10.1. The molecular weight excluding hydrogens is 252 g/mol. The molecule has 0 bridgehead atoms. The van der Waals surface area contributed by atoms with Crippen LogP contribution in [0.15, 0.2) is 17.0 Å². The van der Waals surface area contributed by atoms with Crippen LogP contribution in [0.1, 0.15) is 62.6 Å². The first-order chi connectivity index (χ1) is 9.25. The van der Waals surface area contributed by atoms with E-state index in [4.69, 9.17) is 0 Å². The van der Waals surface area contributed by atoms with Crippen molar-refractivity contribution >= 4 is 11.3 Å². The summed E-state index contributed by atoms with van der Waals surface area (Å²) in [5.41, 5.74) is 2.91. The van der Waals surface area contributed by atoms with Crippen LogP contribution in [0.4, 0.5) is 0 Å². The van der Waals surface area contributed by atoms with Crippen LogP contribution in [0.25, 0.3) is 0 Å². The summed E-state index contributed by atoms with van der Waals surface area (Å²) in [6.45, 7) is 6.58. The molecule has 0 aromatic carbocycles. The van der Waals surface area contributed by atoms with Gasteiger partial charge in [-0.05, 0) is 44.6 Å². The quantitative estimate of drug-likeness (QED) is 0.594. The second kappa shape index (κ2) is 7.81. The molecule has 0 aliphatic heterocycles. The molecule has 19 heavy (non-hydrogen) atoms. The van der Waals surface area contributed by atoms with Crippen LogP contribution < -0.4 is 5.32 Å². The Labute approximate surface area is 121 Å². The van der Waals surface area contributed by atoms with Gasteiger partial charge in [0.2, 0.25) is 0 Å². The fourth-order valence-corrected chi connectivity index (χ4v) is 3.37. The number of rotatable bonds is 7. The van der Waals surface area contributed by atoms with Crippen molar-refractivity contribution in [3.8, 4) is 0 Å². The Bertz CT molecular complexity index is 407. The highest BCUT2D eigenvalue weighted by Crippen LogP contribution is 2.19. The molecular formula is C16H26N2S. The third-order valence-corrected chi connectivity index (χ3v) is 4.61. The van der Waals surface area contributed by atoms with Gasteiger partial charge < -0.3 is 5.32 Å². The first-order valence-electron chi connectivity index (χ1n) is 7.58. The first kappa shape index (κ1) is 14.7. The lowest BCUT2D eigenvalue weighted by Gasteiger charge is -2.12. The molecule has 0 unspecified atom stereocenters. The van der Waals surface area contributed by atoms with Gasteiger partial charge in [0.15, 0.2) is 0 Å². The van der Waals surface area contributed by atoms with E-state index in [1.54, 1.807) is 16.9 Å². The highest BCUT2D eigenvalue weighted by molar-refractivity contribution is 7.09. The van der Waals surface area contributed by atoms with E-state index in [0.29, 0.717) is 5.92 Å². The van der Waals surface area contributed by atoms with E-state index in [1.165, 1.54) is 42.8 Å². The van der Waals surface area contributed by atoms with Crippen LogP contribution >= 0.6 is 11.3 Å². The zero-order chi connectivity index (χ0) is 13.5. The Morgan fingerprint density at radius 1 is 1.26 bits per heavy atom. The van der Waals surface area contributed by atoms with Crippen LogP contribution in [0.3, 0.4) is 0 Å². The van der Waals surface area contributed by atoms with Crippen LogP contribution in [0, 0.1) is 0 Å². The van der Waals surface area contributed by atoms with Crippen molar-refractivity contribution in [2.24, 2.45) is 0 Å². The van der Waals surface area contributed by atoms with Crippen molar-refractivity contribution in [2.75, 3.05) is 13.1 Å². The molecule has 2 nitrogen and oxygen atoms in total. The molecule has 0 fully saturated rings. The number of hydrogen-bond donors (Lipinski definition) is 1. The van der Waals surface area contributed by atoms with Gasteiger partial charge in [-0.1, -0.05) is 25.5 Å². The van der Waals surface area contributed by atoms with Gasteiger partial charge in [0.05, 0.1) is 10.7 Å². The average Bonchev–Trinajstić information content (AvgIpc) is 2.89. The Morgan fingerprint density at radius 3 is 2.79 bits per heavy atom. The van der Waals surface area contributed by atoms with E-state index in [0.717, 1.165) is 19.5 Å². The Morgan fingerprint density at radius 2 is 2.11 bits per heavy atom. The lowest BCUT2D eigenvalue weighted by atomic mass is 9.97. The number of thiazole rings is 1. The van der Waals surface area contributed by atoms with E-state index in [-0.39, 0.29) is 0 Å². The van der Waals surface area contributed by atoms with Crippen molar-refractivity contribution in [3.63, 3.8) is 0 Å². The summed E-state index contributed by atoms with van der Waals surface area (Å²) in [7, 11) is 0. The molecule has 1 N–H and O–H groups in total. The van der Waals surface area contributed by atoms with E-state index in [2.05, 4.69) is 35.6 Å². The van der Waals surface area contributed by atoms with Crippen molar-refractivity contribution in [1.82, 2.24) is 10.3 Å². The molecule has 1 aromatic rings. The summed E-state index contributed by atoms with van der Waals surface area (Å²) in [5, 5.41) is 7.02. The molecule has 1 heterocycles. The number of aromatic nitrogens is 1. The van der Waals surface area contributed by atoms with Crippen LogP contribution in [0.5, 0.6) is 0 Å². The van der Waals surface area contributed by atoms with Crippen LogP contribution in [-0.2, 0) is 6.42 Å². The minimum absolute atomic E-state index is 0.552. The molecule has 1 aromatic heterocycles. The fraction of sp³-hybridized carbons (Fsp3) is 0.688. The zero-order valence-corrected chi connectivity index (χ0v) is 13.1.